The Morgan fingerprint density at radius 2 is 1.90 bits per heavy atom. The van der Waals surface area contributed by atoms with Gasteiger partial charge < -0.3 is 10.1 Å². The van der Waals surface area contributed by atoms with Gasteiger partial charge in [-0.15, -0.1) is 11.8 Å². The van der Waals surface area contributed by atoms with E-state index in [2.05, 4.69) is 49.7 Å². The van der Waals surface area contributed by atoms with Crippen LogP contribution in [0.3, 0.4) is 0 Å². The number of para-hydroxylation sites is 1. The zero-order chi connectivity index (χ0) is 15.1. The van der Waals surface area contributed by atoms with Crippen LogP contribution in [0.1, 0.15) is 31.9 Å². The number of thioether (sulfide) groups is 1. The molecule has 1 N–H and O–H groups in total. The molecule has 0 saturated heterocycles. The zero-order valence-corrected chi connectivity index (χ0v) is 13.7. The summed E-state index contributed by atoms with van der Waals surface area (Å²) >= 11 is 1.70. The third kappa shape index (κ3) is 4.26. The lowest BCUT2D eigenvalue weighted by Crippen LogP contribution is -2.19. The lowest BCUT2D eigenvalue weighted by molar-refractivity contribution is 0.467. The number of benzene rings is 2. The summed E-state index contributed by atoms with van der Waals surface area (Å²) in [6, 6.07) is 16.9. The Balaban J connectivity index is 2.21. The van der Waals surface area contributed by atoms with Crippen LogP contribution < -0.4 is 10.1 Å². The van der Waals surface area contributed by atoms with Gasteiger partial charge in [0.1, 0.15) is 11.5 Å². The molecule has 0 aromatic heterocycles. The highest BCUT2D eigenvalue weighted by Gasteiger charge is 2.09. The Morgan fingerprint density at radius 1 is 1.10 bits per heavy atom. The van der Waals surface area contributed by atoms with E-state index in [9.17, 15) is 0 Å². The van der Waals surface area contributed by atoms with Gasteiger partial charge in [0.25, 0.3) is 0 Å². The molecule has 0 saturated carbocycles. The Morgan fingerprint density at radius 3 is 2.62 bits per heavy atom. The third-order valence-corrected chi connectivity index (χ3v) is 4.19. The number of nitrogens with one attached hydrogen (secondary N) is 1. The van der Waals surface area contributed by atoms with Gasteiger partial charge in [0.15, 0.2) is 0 Å². The smallest absolute Gasteiger partial charge is 0.140 e. The minimum absolute atomic E-state index is 0.384. The quantitative estimate of drug-likeness (QED) is 0.705. The summed E-state index contributed by atoms with van der Waals surface area (Å²) < 4.78 is 6.07. The van der Waals surface area contributed by atoms with Crippen molar-refractivity contribution in [3.63, 3.8) is 0 Å². The Hall–Kier alpha value is -1.45. The average Bonchev–Trinajstić information content (AvgIpc) is 2.53. The molecular weight excluding hydrogens is 278 g/mol. The summed E-state index contributed by atoms with van der Waals surface area (Å²) in [5.41, 5.74) is 1.28. The van der Waals surface area contributed by atoms with Gasteiger partial charge in [0, 0.05) is 10.9 Å². The predicted octanol–water partition coefficient (Wildman–Crippen LogP) is 5.26. The normalized spacial score (nSPS) is 12.1. The standard InChI is InChI=1S/C18H23NOS/c1-4-16(19-5-2)14-9-8-10-15(13-14)20-17-11-6-7-12-18(17)21-3/h6-13,16,19H,4-5H2,1-3H3. The van der Waals surface area contributed by atoms with E-state index in [4.69, 9.17) is 4.74 Å². The molecule has 0 fully saturated rings. The van der Waals surface area contributed by atoms with Crippen LogP contribution in [0.15, 0.2) is 53.4 Å². The summed E-state index contributed by atoms with van der Waals surface area (Å²) in [5.74, 6) is 1.81. The molecule has 21 heavy (non-hydrogen) atoms. The summed E-state index contributed by atoms with van der Waals surface area (Å²) in [6.07, 6.45) is 3.13. The molecule has 0 radical (unpaired) electrons. The van der Waals surface area contributed by atoms with Gasteiger partial charge in [-0.25, -0.2) is 0 Å². The molecule has 1 atom stereocenters. The van der Waals surface area contributed by atoms with Gasteiger partial charge in [-0.3, -0.25) is 0 Å². The lowest BCUT2D eigenvalue weighted by atomic mass is 10.0. The van der Waals surface area contributed by atoms with Crippen molar-refractivity contribution in [1.29, 1.82) is 0 Å². The summed E-state index contributed by atoms with van der Waals surface area (Å²) in [4.78, 5) is 1.15. The van der Waals surface area contributed by atoms with Crippen molar-refractivity contribution < 1.29 is 4.74 Å². The second-order valence-electron chi connectivity index (χ2n) is 4.84. The van der Waals surface area contributed by atoms with Crippen molar-refractivity contribution in [3.05, 3.63) is 54.1 Å². The highest BCUT2D eigenvalue weighted by molar-refractivity contribution is 7.98. The van der Waals surface area contributed by atoms with Crippen LogP contribution in [0.5, 0.6) is 11.5 Å². The number of hydrogen-bond acceptors (Lipinski definition) is 3. The predicted molar refractivity (Wildman–Crippen MR) is 91.4 cm³/mol. The molecule has 2 nitrogen and oxygen atoms in total. The highest BCUT2D eigenvalue weighted by atomic mass is 32.2. The van der Waals surface area contributed by atoms with Crippen LogP contribution in [0.4, 0.5) is 0 Å². The molecule has 0 spiro atoms. The van der Waals surface area contributed by atoms with Crippen LogP contribution in [-0.2, 0) is 0 Å². The zero-order valence-electron chi connectivity index (χ0n) is 12.9. The van der Waals surface area contributed by atoms with Crippen LogP contribution >= 0.6 is 11.8 Å². The van der Waals surface area contributed by atoms with Crippen LogP contribution in [0.2, 0.25) is 0 Å². The first kappa shape index (κ1) is 15.9. The molecule has 0 amide bonds. The SMILES string of the molecule is CCNC(CC)c1cccc(Oc2ccccc2SC)c1. The van der Waals surface area contributed by atoms with Crippen LogP contribution in [0.25, 0.3) is 0 Å². The van der Waals surface area contributed by atoms with E-state index in [1.165, 1.54) is 5.56 Å². The van der Waals surface area contributed by atoms with E-state index in [0.717, 1.165) is 29.4 Å². The minimum atomic E-state index is 0.384. The van der Waals surface area contributed by atoms with Gasteiger partial charge in [-0.2, -0.15) is 0 Å². The van der Waals surface area contributed by atoms with E-state index < -0.39 is 0 Å². The van der Waals surface area contributed by atoms with Crippen molar-refractivity contribution in [3.8, 4) is 11.5 Å². The Kier molecular flexibility index (Phi) is 6.15. The monoisotopic (exact) mass is 301 g/mol. The van der Waals surface area contributed by atoms with E-state index >= 15 is 0 Å². The molecule has 3 heteroatoms. The van der Waals surface area contributed by atoms with E-state index in [1.807, 2.05) is 24.3 Å². The lowest BCUT2D eigenvalue weighted by Gasteiger charge is -2.17. The molecule has 2 rings (SSSR count). The van der Waals surface area contributed by atoms with Crippen molar-refractivity contribution in [2.75, 3.05) is 12.8 Å². The minimum Gasteiger partial charge on any atom is -0.456 e. The first-order valence-electron chi connectivity index (χ1n) is 7.42. The number of hydrogen-bond donors (Lipinski definition) is 1. The fraction of sp³-hybridized carbons (Fsp3) is 0.333. The van der Waals surface area contributed by atoms with Crippen LogP contribution in [0, 0.1) is 0 Å². The maximum Gasteiger partial charge on any atom is 0.140 e. The summed E-state index contributed by atoms with van der Waals surface area (Å²) in [7, 11) is 0. The van der Waals surface area contributed by atoms with Crippen molar-refractivity contribution in [2.24, 2.45) is 0 Å². The average molecular weight is 301 g/mol. The van der Waals surface area contributed by atoms with Gasteiger partial charge in [0.2, 0.25) is 0 Å². The van der Waals surface area contributed by atoms with Gasteiger partial charge >= 0.3 is 0 Å². The first-order chi connectivity index (χ1) is 10.3. The van der Waals surface area contributed by atoms with Crippen molar-refractivity contribution in [1.82, 2.24) is 5.32 Å². The number of ether oxygens (including phenoxy) is 1. The van der Waals surface area contributed by atoms with Gasteiger partial charge in [-0.1, -0.05) is 38.1 Å². The van der Waals surface area contributed by atoms with Gasteiger partial charge in [0.05, 0.1) is 0 Å². The van der Waals surface area contributed by atoms with E-state index in [-0.39, 0.29) is 0 Å². The molecular formula is C18H23NOS. The second-order valence-corrected chi connectivity index (χ2v) is 5.69. The summed E-state index contributed by atoms with van der Waals surface area (Å²) in [6.45, 7) is 5.31. The van der Waals surface area contributed by atoms with Gasteiger partial charge in [-0.05, 0) is 49.1 Å². The fourth-order valence-electron chi connectivity index (χ4n) is 2.37. The van der Waals surface area contributed by atoms with Crippen molar-refractivity contribution in [2.45, 2.75) is 31.2 Å². The first-order valence-corrected chi connectivity index (χ1v) is 8.65. The molecule has 0 bridgehead atoms. The van der Waals surface area contributed by atoms with E-state index in [0.29, 0.717) is 6.04 Å². The molecule has 2 aromatic rings. The number of rotatable bonds is 7. The topological polar surface area (TPSA) is 21.3 Å². The maximum atomic E-state index is 6.07. The highest BCUT2D eigenvalue weighted by Crippen LogP contribution is 2.32. The fourth-order valence-corrected chi connectivity index (χ4v) is 2.89. The van der Waals surface area contributed by atoms with E-state index in [1.54, 1.807) is 11.8 Å². The Labute approximate surface area is 131 Å². The molecule has 2 aromatic carbocycles. The second kappa shape index (κ2) is 8.11. The molecule has 0 aliphatic heterocycles. The third-order valence-electron chi connectivity index (χ3n) is 3.42. The summed E-state index contributed by atoms with van der Waals surface area (Å²) in [5, 5.41) is 3.50. The largest absolute Gasteiger partial charge is 0.456 e. The molecule has 0 heterocycles. The Bertz CT molecular complexity index is 571. The maximum absolute atomic E-state index is 6.07. The van der Waals surface area contributed by atoms with Crippen LogP contribution in [-0.4, -0.2) is 12.8 Å². The molecule has 1 unspecified atom stereocenters. The molecule has 0 aliphatic rings. The van der Waals surface area contributed by atoms with Crippen molar-refractivity contribution >= 4 is 11.8 Å². The molecule has 112 valence electrons. The molecule has 0 aliphatic carbocycles.